The smallest absolute Gasteiger partial charge is 0.0861 e. The van der Waals surface area contributed by atoms with Gasteiger partial charge in [-0.3, -0.25) is 0 Å². The molecule has 34 valence electrons. The van der Waals surface area contributed by atoms with E-state index >= 15 is 0 Å². The van der Waals surface area contributed by atoms with Crippen LogP contribution in [-0.2, 0) is 6.61 Å². The minimum atomic E-state index is 0.104. The van der Waals surface area contributed by atoms with Crippen LogP contribution in [-0.4, -0.2) is 15.3 Å². The largest absolute Gasteiger partial charge is 0.390 e. The van der Waals surface area contributed by atoms with Crippen LogP contribution in [0.3, 0.4) is 0 Å². The third kappa shape index (κ3) is 0.328. The Hall–Kier alpha value is -0.700. The second kappa shape index (κ2) is 1.18. The third-order valence-corrected chi connectivity index (χ3v) is 0.649. The molecule has 3 N–H and O–H groups in total. The summed E-state index contributed by atoms with van der Waals surface area (Å²) in [6.07, 6.45) is 1.71. The van der Waals surface area contributed by atoms with Crippen LogP contribution in [0.2, 0.25) is 0 Å². The van der Waals surface area contributed by atoms with Gasteiger partial charge in [-0.1, -0.05) is 0 Å². The highest BCUT2D eigenvalue weighted by Crippen LogP contribution is 1.86. The topological polar surface area (TPSA) is 51.8 Å². The summed E-state index contributed by atoms with van der Waals surface area (Å²) in [5.74, 6) is 0. The molecular weight excluding hydrogens is 80.0 g/mol. The van der Waals surface area contributed by atoms with Crippen molar-refractivity contribution in [3.05, 3.63) is 11.9 Å². The van der Waals surface area contributed by atoms with E-state index in [1.807, 2.05) is 0 Å². The highest BCUT2D eigenvalue weighted by atomic mass is 16.3. The number of H-pyrrole nitrogens is 2. The zero-order valence-electron chi connectivity index (χ0n) is 3.23. The standard InChI is InChI=1S/C3H6N2O/c6-2-3-1-4-5-3/h1,4-6H,2H2. The van der Waals surface area contributed by atoms with Gasteiger partial charge in [0.05, 0.1) is 12.3 Å². The summed E-state index contributed by atoms with van der Waals surface area (Å²) in [6.45, 7) is 0.104. The molecule has 1 rings (SSSR count). The average Bonchev–Trinajstić information content (AvgIpc) is 1.31. The van der Waals surface area contributed by atoms with Crippen LogP contribution >= 0.6 is 0 Å². The van der Waals surface area contributed by atoms with Gasteiger partial charge in [-0.25, -0.2) is 0 Å². The second-order valence-corrected chi connectivity index (χ2v) is 1.10. The molecule has 0 fully saturated rings. The van der Waals surface area contributed by atoms with Gasteiger partial charge in [-0.2, -0.15) is 0 Å². The van der Waals surface area contributed by atoms with E-state index in [2.05, 4.69) is 10.2 Å². The number of hydrogen-bond acceptors (Lipinski definition) is 1. The molecule has 1 aromatic heterocycles. The Kier molecular flexibility index (Phi) is 0.686. The monoisotopic (exact) mass is 86.0 g/mol. The van der Waals surface area contributed by atoms with Crippen molar-refractivity contribution in [2.45, 2.75) is 6.61 Å². The number of aromatic nitrogens is 2. The normalized spacial score (nSPS) is 9.50. The van der Waals surface area contributed by atoms with E-state index in [0.29, 0.717) is 0 Å². The van der Waals surface area contributed by atoms with Gasteiger partial charge in [0.15, 0.2) is 0 Å². The van der Waals surface area contributed by atoms with Gasteiger partial charge in [0, 0.05) is 6.20 Å². The van der Waals surface area contributed by atoms with E-state index in [1.54, 1.807) is 6.20 Å². The van der Waals surface area contributed by atoms with E-state index < -0.39 is 0 Å². The molecule has 0 saturated carbocycles. The number of rotatable bonds is 1. The molecule has 0 radical (unpaired) electrons. The lowest BCUT2D eigenvalue weighted by molar-refractivity contribution is 0.271. The first-order valence-corrected chi connectivity index (χ1v) is 1.75. The summed E-state index contributed by atoms with van der Waals surface area (Å²) in [4.78, 5) is 0. The van der Waals surface area contributed by atoms with Gasteiger partial charge >= 0.3 is 0 Å². The quantitative estimate of drug-likeness (QED) is 0.437. The summed E-state index contributed by atoms with van der Waals surface area (Å²) in [5, 5.41) is 13.5. The highest BCUT2D eigenvalue weighted by molar-refractivity contribution is 4.89. The molecule has 6 heavy (non-hydrogen) atoms. The number of hydrogen-bond donors (Lipinski definition) is 3. The molecule has 3 nitrogen and oxygen atoms in total. The zero-order chi connectivity index (χ0) is 4.41. The van der Waals surface area contributed by atoms with Crippen molar-refractivity contribution in [3.63, 3.8) is 0 Å². The zero-order valence-corrected chi connectivity index (χ0v) is 3.23. The average molecular weight is 86.1 g/mol. The lowest BCUT2D eigenvalue weighted by atomic mass is 10.5. The molecule has 0 aromatic carbocycles. The second-order valence-electron chi connectivity index (χ2n) is 1.10. The van der Waals surface area contributed by atoms with Crippen molar-refractivity contribution in [2.24, 2.45) is 0 Å². The molecule has 0 aliphatic rings. The Labute approximate surface area is 35.0 Å². The molecule has 1 aromatic rings. The van der Waals surface area contributed by atoms with Crippen molar-refractivity contribution in [1.29, 1.82) is 0 Å². The van der Waals surface area contributed by atoms with E-state index in [0.717, 1.165) is 5.69 Å². The third-order valence-electron chi connectivity index (χ3n) is 0.649. The van der Waals surface area contributed by atoms with Crippen molar-refractivity contribution in [3.8, 4) is 0 Å². The van der Waals surface area contributed by atoms with Crippen LogP contribution in [0.5, 0.6) is 0 Å². The first-order valence-electron chi connectivity index (χ1n) is 1.75. The van der Waals surface area contributed by atoms with E-state index in [-0.39, 0.29) is 6.61 Å². The number of aliphatic hydroxyl groups excluding tert-OH is 1. The Morgan fingerprint density at radius 3 is 2.50 bits per heavy atom. The van der Waals surface area contributed by atoms with Crippen LogP contribution < -0.4 is 0 Å². The number of aromatic amines is 2. The van der Waals surface area contributed by atoms with Crippen LogP contribution in [0.15, 0.2) is 6.20 Å². The molecule has 0 aliphatic carbocycles. The van der Waals surface area contributed by atoms with Gasteiger partial charge in [0.25, 0.3) is 0 Å². The molecule has 0 saturated heterocycles. The minimum absolute atomic E-state index is 0.104. The Morgan fingerprint density at radius 2 is 2.50 bits per heavy atom. The molecule has 0 spiro atoms. The van der Waals surface area contributed by atoms with E-state index in [4.69, 9.17) is 5.11 Å². The first-order chi connectivity index (χ1) is 2.93. The summed E-state index contributed by atoms with van der Waals surface area (Å²) < 4.78 is 0. The summed E-state index contributed by atoms with van der Waals surface area (Å²) in [7, 11) is 0. The van der Waals surface area contributed by atoms with E-state index in [9.17, 15) is 0 Å². The van der Waals surface area contributed by atoms with E-state index in [1.165, 1.54) is 0 Å². The van der Waals surface area contributed by atoms with Crippen molar-refractivity contribution in [2.75, 3.05) is 0 Å². The molecular formula is C3H6N2O. The summed E-state index contributed by atoms with van der Waals surface area (Å²) in [6, 6.07) is 0. The number of aliphatic hydroxyl groups is 1. The molecule has 0 atom stereocenters. The van der Waals surface area contributed by atoms with Gasteiger partial charge in [0.1, 0.15) is 0 Å². The van der Waals surface area contributed by atoms with Crippen molar-refractivity contribution >= 4 is 0 Å². The highest BCUT2D eigenvalue weighted by Gasteiger charge is 1.84. The molecule has 0 aliphatic heterocycles. The fourth-order valence-electron chi connectivity index (χ4n) is 0.259. The maximum atomic E-state index is 8.22. The van der Waals surface area contributed by atoms with Crippen LogP contribution in [0, 0.1) is 0 Å². The van der Waals surface area contributed by atoms with Crippen LogP contribution in [0.1, 0.15) is 5.69 Å². The van der Waals surface area contributed by atoms with Gasteiger partial charge < -0.3 is 15.3 Å². The lowest BCUT2D eigenvalue weighted by Crippen LogP contribution is -1.95. The predicted molar refractivity (Wildman–Crippen MR) is 21.1 cm³/mol. The van der Waals surface area contributed by atoms with Gasteiger partial charge in [0.2, 0.25) is 0 Å². The van der Waals surface area contributed by atoms with Gasteiger partial charge in [-0.05, 0) is 0 Å². The van der Waals surface area contributed by atoms with Crippen molar-refractivity contribution < 1.29 is 5.11 Å². The molecule has 0 amide bonds. The first kappa shape index (κ1) is 3.49. The van der Waals surface area contributed by atoms with Crippen molar-refractivity contribution in [1.82, 2.24) is 10.2 Å². The Morgan fingerprint density at radius 1 is 1.83 bits per heavy atom. The molecule has 1 heterocycles. The fraction of sp³-hybridized carbons (Fsp3) is 0.333. The Balaban J connectivity index is 2.51. The van der Waals surface area contributed by atoms with Crippen LogP contribution in [0.25, 0.3) is 0 Å². The molecule has 0 bridgehead atoms. The maximum absolute atomic E-state index is 8.22. The predicted octanol–water partition coefficient (Wildman–Crippen LogP) is -0.165. The minimum Gasteiger partial charge on any atom is -0.390 e. The SMILES string of the molecule is OCc1c[nH][nH]1. The number of nitrogens with one attached hydrogen (secondary N) is 2. The molecule has 0 unspecified atom stereocenters. The maximum Gasteiger partial charge on any atom is 0.0861 e. The lowest BCUT2D eigenvalue weighted by Gasteiger charge is -1.96. The summed E-state index contributed by atoms with van der Waals surface area (Å²) >= 11 is 0. The Bertz CT molecular complexity index is 101. The van der Waals surface area contributed by atoms with Gasteiger partial charge in [-0.15, -0.1) is 0 Å². The fourth-order valence-corrected chi connectivity index (χ4v) is 0.259. The van der Waals surface area contributed by atoms with Crippen LogP contribution in [0.4, 0.5) is 0 Å². The molecule has 3 heteroatoms. The summed E-state index contributed by atoms with van der Waals surface area (Å²) in [5.41, 5.74) is 0.843.